The van der Waals surface area contributed by atoms with Crippen LogP contribution in [-0.2, 0) is 0 Å². The van der Waals surface area contributed by atoms with Gasteiger partial charge in [-0.3, -0.25) is 0 Å². The third-order valence-corrected chi connectivity index (χ3v) is 3.03. The first-order valence-corrected chi connectivity index (χ1v) is 5.81. The topological polar surface area (TPSA) is 45.1 Å². The molecule has 0 amide bonds. The molecule has 2 atom stereocenters. The Bertz CT molecular complexity index is 409. The molecule has 0 bridgehead atoms. The summed E-state index contributed by atoms with van der Waals surface area (Å²) in [6.07, 6.45) is 6.43. The molecule has 16 heavy (non-hydrogen) atoms. The van der Waals surface area contributed by atoms with Crippen molar-refractivity contribution in [2.75, 3.05) is 11.9 Å². The van der Waals surface area contributed by atoms with Gasteiger partial charge in [0.2, 0.25) is 0 Å². The fourth-order valence-electron chi connectivity index (χ4n) is 1.71. The molecule has 0 spiro atoms. The van der Waals surface area contributed by atoms with E-state index in [1.54, 1.807) is 12.3 Å². The Morgan fingerprint density at radius 3 is 2.88 bits per heavy atom. The lowest BCUT2D eigenvalue weighted by molar-refractivity contribution is 0.250. The monoisotopic (exact) mass is 258 g/mol. The van der Waals surface area contributed by atoms with Gasteiger partial charge < -0.3 is 10.4 Å². The minimum atomic E-state index is 0.170. The summed E-state index contributed by atoms with van der Waals surface area (Å²) in [6, 6.07) is 1.82. The number of aliphatic hydroxyl groups excluding tert-OH is 1. The molecule has 0 radical (unpaired) electrons. The summed E-state index contributed by atoms with van der Waals surface area (Å²) in [4.78, 5) is 4.12. The quantitative estimate of drug-likeness (QED) is 0.820. The van der Waals surface area contributed by atoms with E-state index in [0.29, 0.717) is 15.9 Å². The van der Waals surface area contributed by atoms with Crippen molar-refractivity contribution in [1.82, 2.24) is 4.98 Å². The average molecular weight is 259 g/mol. The van der Waals surface area contributed by atoms with Crippen LogP contribution in [0.4, 0.5) is 5.82 Å². The largest absolute Gasteiger partial charge is 0.396 e. The molecule has 1 aromatic heterocycles. The lowest BCUT2D eigenvalue weighted by Gasteiger charge is -2.14. The molecule has 1 heterocycles. The summed E-state index contributed by atoms with van der Waals surface area (Å²) < 4.78 is 0. The lowest BCUT2D eigenvalue weighted by Crippen LogP contribution is -2.17. The van der Waals surface area contributed by atoms with Crippen LogP contribution in [0.15, 0.2) is 24.4 Å². The predicted octanol–water partition coefficient (Wildman–Crippen LogP) is 2.74. The third-order valence-electron chi connectivity index (χ3n) is 2.54. The molecular weight excluding hydrogens is 247 g/mol. The smallest absolute Gasteiger partial charge is 0.145 e. The number of pyridine rings is 1. The second-order valence-electron chi connectivity index (χ2n) is 3.80. The van der Waals surface area contributed by atoms with Crippen molar-refractivity contribution in [2.45, 2.75) is 12.5 Å². The highest BCUT2D eigenvalue weighted by Gasteiger charge is 2.18. The van der Waals surface area contributed by atoms with E-state index in [2.05, 4.69) is 10.3 Å². The Balaban J connectivity index is 2.02. The number of rotatable bonds is 3. The van der Waals surface area contributed by atoms with Crippen LogP contribution < -0.4 is 5.32 Å². The highest BCUT2D eigenvalue weighted by molar-refractivity contribution is 6.35. The summed E-state index contributed by atoms with van der Waals surface area (Å²) in [5.41, 5.74) is 0. The van der Waals surface area contributed by atoms with Gasteiger partial charge in [0.15, 0.2) is 0 Å². The van der Waals surface area contributed by atoms with E-state index in [-0.39, 0.29) is 18.6 Å². The number of nitrogens with one attached hydrogen (secondary N) is 1. The van der Waals surface area contributed by atoms with Gasteiger partial charge in [-0.05, 0) is 12.5 Å². The van der Waals surface area contributed by atoms with Gasteiger partial charge in [-0.25, -0.2) is 4.98 Å². The van der Waals surface area contributed by atoms with E-state index in [0.717, 1.165) is 6.42 Å². The molecule has 0 saturated heterocycles. The van der Waals surface area contributed by atoms with Crippen LogP contribution in [0.5, 0.6) is 0 Å². The maximum absolute atomic E-state index is 9.00. The maximum Gasteiger partial charge on any atom is 0.145 e. The fourth-order valence-corrected chi connectivity index (χ4v) is 2.15. The van der Waals surface area contributed by atoms with Crippen molar-refractivity contribution in [1.29, 1.82) is 0 Å². The Labute approximate surface area is 104 Å². The Kier molecular flexibility index (Phi) is 3.69. The van der Waals surface area contributed by atoms with Gasteiger partial charge in [0.1, 0.15) is 5.82 Å². The van der Waals surface area contributed by atoms with Gasteiger partial charge in [0.05, 0.1) is 10.0 Å². The number of nitrogens with zero attached hydrogens (tertiary/aromatic N) is 1. The molecule has 1 aromatic rings. The number of anilines is 1. The molecule has 86 valence electrons. The van der Waals surface area contributed by atoms with Crippen LogP contribution in [0.2, 0.25) is 10.0 Å². The second kappa shape index (κ2) is 5.04. The number of hydrogen-bond donors (Lipinski definition) is 2. The molecule has 3 nitrogen and oxygen atoms in total. The van der Waals surface area contributed by atoms with Gasteiger partial charge in [-0.15, -0.1) is 0 Å². The molecule has 5 heteroatoms. The summed E-state index contributed by atoms with van der Waals surface area (Å²) in [5.74, 6) is 0.850. The number of hydrogen-bond acceptors (Lipinski definition) is 3. The fraction of sp³-hybridized carbons (Fsp3) is 0.364. The van der Waals surface area contributed by atoms with E-state index in [9.17, 15) is 0 Å². The van der Waals surface area contributed by atoms with Crippen molar-refractivity contribution >= 4 is 29.0 Å². The van der Waals surface area contributed by atoms with Crippen molar-refractivity contribution in [2.24, 2.45) is 5.92 Å². The van der Waals surface area contributed by atoms with Gasteiger partial charge >= 0.3 is 0 Å². The van der Waals surface area contributed by atoms with Crippen LogP contribution >= 0.6 is 23.2 Å². The van der Waals surface area contributed by atoms with Crippen molar-refractivity contribution in [3.05, 3.63) is 34.5 Å². The SMILES string of the molecule is OC[C@H]1C=C[C@@H](Nc2ncc(Cl)cc2Cl)C1. The van der Waals surface area contributed by atoms with E-state index in [1.807, 2.05) is 12.2 Å². The summed E-state index contributed by atoms with van der Waals surface area (Å²) in [6.45, 7) is 0.177. The van der Waals surface area contributed by atoms with Crippen LogP contribution in [-0.4, -0.2) is 22.7 Å². The standard InChI is InChI=1S/C11H12Cl2N2O/c12-8-4-10(13)11(14-5-8)15-9-2-1-7(3-9)6-16/h1-2,4-5,7,9,16H,3,6H2,(H,14,15)/t7-,9+/m0/s1. The van der Waals surface area contributed by atoms with Crippen LogP contribution in [0, 0.1) is 5.92 Å². The molecule has 0 aliphatic heterocycles. The van der Waals surface area contributed by atoms with Gasteiger partial charge in [0.25, 0.3) is 0 Å². The van der Waals surface area contributed by atoms with Gasteiger partial charge in [-0.2, -0.15) is 0 Å². The second-order valence-corrected chi connectivity index (χ2v) is 4.64. The molecule has 2 rings (SSSR count). The first-order chi connectivity index (χ1) is 7.69. The van der Waals surface area contributed by atoms with Crippen molar-refractivity contribution in [3.63, 3.8) is 0 Å². The van der Waals surface area contributed by atoms with Gasteiger partial charge in [-0.1, -0.05) is 35.4 Å². The van der Waals surface area contributed by atoms with E-state index >= 15 is 0 Å². The summed E-state index contributed by atoms with van der Waals surface area (Å²) in [5, 5.41) is 13.2. The predicted molar refractivity (Wildman–Crippen MR) is 66.0 cm³/mol. The Morgan fingerprint density at radius 2 is 2.25 bits per heavy atom. The number of aliphatic hydroxyl groups is 1. The first kappa shape index (κ1) is 11.7. The van der Waals surface area contributed by atoms with Crippen molar-refractivity contribution < 1.29 is 5.11 Å². The zero-order chi connectivity index (χ0) is 11.5. The van der Waals surface area contributed by atoms with E-state index in [4.69, 9.17) is 28.3 Å². The molecular formula is C11H12Cl2N2O. The van der Waals surface area contributed by atoms with Crippen LogP contribution in [0.3, 0.4) is 0 Å². The highest BCUT2D eigenvalue weighted by Crippen LogP contribution is 2.26. The Hall–Kier alpha value is -0.770. The van der Waals surface area contributed by atoms with Gasteiger partial charge in [0, 0.05) is 24.8 Å². The van der Waals surface area contributed by atoms with E-state index < -0.39 is 0 Å². The zero-order valence-electron chi connectivity index (χ0n) is 8.53. The van der Waals surface area contributed by atoms with Crippen LogP contribution in [0.25, 0.3) is 0 Å². The number of aromatic nitrogens is 1. The normalized spacial score (nSPS) is 23.7. The highest BCUT2D eigenvalue weighted by atomic mass is 35.5. The lowest BCUT2D eigenvalue weighted by atomic mass is 10.1. The third kappa shape index (κ3) is 2.67. The average Bonchev–Trinajstić information content (AvgIpc) is 2.70. The summed E-state index contributed by atoms with van der Waals surface area (Å²) >= 11 is 11.8. The molecule has 1 aliphatic carbocycles. The van der Waals surface area contributed by atoms with Crippen LogP contribution in [0.1, 0.15) is 6.42 Å². The molecule has 0 aromatic carbocycles. The molecule has 2 N–H and O–H groups in total. The zero-order valence-corrected chi connectivity index (χ0v) is 10.0. The molecule has 0 saturated carbocycles. The number of halogens is 2. The Morgan fingerprint density at radius 1 is 1.44 bits per heavy atom. The first-order valence-electron chi connectivity index (χ1n) is 5.06. The van der Waals surface area contributed by atoms with Crippen molar-refractivity contribution in [3.8, 4) is 0 Å². The maximum atomic E-state index is 9.00. The molecule has 0 unspecified atom stereocenters. The van der Waals surface area contributed by atoms with E-state index in [1.165, 1.54) is 0 Å². The minimum Gasteiger partial charge on any atom is -0.396 e. The minimum absolute atomic E-state index is 0.170. The summed E-state index contributed by atoms with van der Waals surface area (Å²) in [7, 11) is 0. The molecule has 0 fully saturated rings. The molecule has 1 aliphatic rings.